The van der Waals surface area contributed by atoms with E-state index in [1.54, 1.807) is 18.2 Å². The molecule has 0 aliphatic carbocycles. The summed E-state index contributed by atoms with van der Waals surface area (Å²) < 4.78 is 0. The first-order valence-corrected chi connectivity index (χ1v) is 9.55. The molecule has 0 radical (unpaired) electrons. The van der Waals surface area contributed by atoms with Crippen LogP contribution in [0, 0.1) is 6.92 Å². The van der Waals surface area contributed by atoms with E-state index in [4.69, 9.17) is 11.6 Å². The summed E-state index contributed by atoms with van der Waals surface area (Å²) in [6, 6.07) is 13.7. The molecule has 2 amide bonds. The van der Waals surface area contributed by atoms with Gasteiger partial charge in [0, 0.05) is 36.9 Å². The number of fused-ring (bicyclic) bond motifs is 1. The Morgan fingerprint density at radius 2 is 1.89 bits per heavy atom. The third-order valence-corrected chi connectivity index (χ3v) is 5.04. The average Bonchev–Trinajstić information content (AvgIpc) is 2.67. The minimum absolute atomic E-state index is 0.471. The molecule has 2 aromatic carbocycles. The Bertz CT molecular complexity index is 838. The van der Waals surface area contributed by atoms with Gasteiger partial charge in [-0.15, -0.1) is 0 Å². The SMILES string of the molecule is Cc1ccc(Cl)cc1NC(=O)C(=O)NCCCN1CCc2ccccc2C1. The maximum atomic E-state index is 12.0. The zero-order valence-corrected chi connectivity index (χ0v) is 16.2. The number of anilines is 1. The van der Waals surface area contributed by atoms with Gasteiger partial charge in [0.25, 0.3) is 0 Å². The summed E-state index contributed by atoms with van der Waals surface area (Å²) in [5.41, 5.74) is 4.21. The fourth-order valence-electron chi connectivity index (χ4n) is 3.24. The van der Waals surface area contributed by atoms with Crippen molar-refractivity contribution in [3.05, 3.63) is 64.2 Å². The van der Waals surface area contributed by atoms with Crippen LogP contribution in [0.1, 0.15) is 23.1 Å². The molecule has 3 rings (SSSR count). The number of carbonyl (C=O) groups is 2. The largest absolute Gasteiger partial charge is 0.348 e. The monoisotopic (exact) mass is 385 g/mol. The van der Waals surface area contributed by atoms with Crippen LogP contribution in [0.5, 0.6) is 0 Å². The number of amides is 2. The van der Waals surface area contributed by atoms with Gasteiger partial charge in [0.1, 0.15) is 0 Å². The maximum absolute atomic E-state index is 12.0. The molecule has 0 bridgehead atoms. The predicted octanol–water partition coefficient (Wildman–Crippen LogP) is 3.15. The number of carbonyl (C=O) groups excluding carboxylic acids is 2. The van der Waals surface area contributed by atoms with Crippen molar-refractivity contribution >= 4 is 29.1 Å². The average molecular weight is 386 g/mol. The molecule has 0 saturated heterocycles. The molecule has 2 aromatic rings. The topological polar surface area (TPSA) is 61.4 Å². The Kier molecular flexibility index (Phi) is 6.48. The molecule has 1 aliphatic rings. The summed E-state index contributed by atoms with van der Waals surface area (Å²) in [7, 11) is 0. The minimum atomic E-state index is -0.674. The van der Waals surface area contributed by atoms with Crippen molar-refractivity contribution in [2.24, 2.45) is 0 Å². The number of aryl methyl sites for hydroxylation is 1. The number of rotatable bonds is 5. The molecule has 0 spiro atoms. The lowest BCUT2D eigenvalue weighted by Crippen LogP contribution is -2.38. The molecule has 1 heterocycles. The first-order valence-electron chi connectivity index (χ1n) is 9.17. The molecule has 0 fully saturated rings. The quantitative estimate of drug-likeness (QED) is 0.614. The fourth-order valence-corrected chi connectivity index (χ4v) is 3.41. The fraction of sp³-hybridized carbons (Fsp3) is 0.333. The van der Waals surface area contributed by atoms with E-state index in [2.05, 4.69) is 39.8 Å². The van der Waals surface area contributed by atoms with Gasteiger partial charge in [-0.05, 0) is 48.6 Å². The lowest BCUT2D eigenvalue weighted by molar-refractivity contribution is -0.136. The second-order valence-corrected chi connectivity index (χ2v) is 7.25. The van der Waals surface area contributed by atoms with Crippen LogP contribution in [0.4, 0.5) is 5.69 Å². The van der Waals surface area contributed by atoms with Crippen molar-refractivity contribution in [3.63, 3.8) is 0 Å². The smallest absolute Gasteiger partial charge is 0.313 e. The van der Waals surface area contributed by atoms with E-state index in [1.165, 1.54) is 11.1 Å². The highest BCUT2D eigenvalue weighted by Crippen LogP contribution is 2.20. The van der Waals surface area contributed by atoms with Gasteiger partial charge in [0.05, 0.1) is 0 Å². The van der Waals surface area contributed by atoms with Gasteiger partial charge < -0.3 is 10.6 Å². The van der Waals surface area contributed by atoms with Crippen molar-refractivity contribution in [3.8, 4) is 0 Å². The van der Waals surface area contributed by atoms with E-state index in [1.807, 2.05) is 6.92 Å². The first kappa shape index (κ1) is 19.4. The van der Waals surface area contributed by atoms with E-state index in [0.29, 0.717) is 17.3 Å². The maximum Gasteiger partial charge on any atom is 0.313 e. The molecular weight excluding hydrogens is 362 g/mol. The lowest BCUT2D eigenvalue weighted by atomic mass is 10.00. The zero-order chi connectivity index (χ0) is 19.2. The van der Waals surface area contributed by atoms with Gasteiger partial charge in [0.15, 0.2) is 0 Å². The lowest BCUT2D eigenvalue weighted by Gasteiger charge is -2.28. The number of nitrogens with one attached hydrogen (secondary N) is 2. The summed E-state index contributed by atoms with van der Waals surface area (Å²) in [5, 5.41) is 5.80. The van der Waals surface area contributed by atoms with Crippen LogP contribution < -0.4 is 10.6 Å². The second kappa shape index (κ2) is 9.02. The summed E-state index contributed by atoms with van der Waals surface area (Å²) >= 11 is 5.93. The van der Waals surface area contributed by atoms with Crippen molar-refractivity contribution < 1.29 is 9.59 Å². The summed E-state index contributed by atoms with van der Waals surface area (Å²) in [6.45, 7) is 5.18. The highest BCUT2D eigenvalue weighted by atomic mass is 35.5. The van der Waals surface area contributed by atoms with Crippen molar-refractivity contribution in [2.75, 3.05) is 25.0 Å². The highest BCUT2D eigenvalue weighted by molar-refractivity contribution is 6.40. The number of hydrogen-bond donors (Lipinski definition) is 2. The molecule has 1 aliphatic heterocycles. The molecule has 0 saturated carbocycles. The van der Waals surface area contributed by atoms with Gasteiger partial charge in [-0.1, -0.05) is 41.9 Å². The third-order valence-electron chi connectivity index (χ3n) is 4.80. The van der Waals surface area contributed by atoms with Crippen molar-refractivity contribution in [1.29, 1.82) is 0 Å². The van der Waals surface area contributed by atoms with Crippen molar-refractivity contribution in [2.45, 2.75) is 26.3 Å². The molecule has 0 unspecified atom stereocenters. The van der Waals surface area contributed by atoms with Crippen LogP contribution in [0.3, 0.4) is 0 Å². The van der Waals surface area contributed by atoms with Gasteiger partial charge in [-0.25, -0.2) is 0 Å². The number of nitrogens with zero attached hydrogens (tertiary/aromatic N) is 1. The molecular formula is C21H24ClN3O2. The number of benzene rings is 2. The normalized spacial score (nSPS) is 13.7. The third kappa shape index (κ3) is 5.31. The Hall–Kier alpha value is -2.37. The van der Waals surface area contributed by atoms with Crippen LogP contribution in [-0.2, 0) is 22.6 Å². The summed E-state index contributed by atoms with van der Waals surface area (Å²) in [5.74, 6) is -1.30. The molecule has 0 aromatic heterocycles. The van der Waals surface area contributed by atoms with Crippen LogP contribution in [0.2, 0.25) is 5.02 Å². The molecule has 0 atom stereocenters. The zero-order valence-electron chi connectivity index (χ0n) is 15.4. The van der Waals surface area contributed by atoms with E-state index < -0.39 is 11.8 Å². The van der Waals surface area contributed by atoms with Crippen LogP contribution in [0.15, 0.2) is 42.5 Å². The second-order valence-electron chi connectivity index (χ2n) is 6.82. The van der Waals surface area contributed by atoms with E-state index in [-0.39, 0.29) is 0 Å². The Morgan fingerprint density at radius 3 is 2.70 bits per heavy atom. The van der Waals surface area contributed by atoms with E-state index in [9.17, 15) is 9.59 Å². The van der Waals surface area contributed by atoms with E-state index >= 15 is 0 Å². The van der Waals surface area contributed by atoms with E-state index in [0.717, 1.165) is 38.0 Å². The number of halogens is 1. The summed E-state index contributed by atoms with van der Waals surface area (Å²) in [4.78, 5) is 26.4. The van der Waals surface area contributed by atoms with Gasteiger partial charge in [-0.2, -0.15) is 0 Å². The van der Waals surface area contributed by atoms with Crippen molar-refractivity contribution in [1.82, 2.24) is 10.2 Å². The standard InChI is InChI=1S/C21H24ClN3O2/c1-15-7-8-18(22)13-19(15)24-21(27)20(26)23-10-4-11-25-12-9-16-5-2-3-6-17(16)14-25/h2-3,5-8,13H,4,9-12,14H2,1H3,(H,23,26)(H,24,27). The first-order chi connectivity index (χ1) is 13.0. The van der Waals surface area contributed by atoms with Gasteiger partial charge in [-0.3, -0.25) is 14.5 Å². The van der Waals surface area contributed by atoms with Gasteiger partial charge >= 0.3 is 11.8 Å². The molecule has 5 nitrogen and oxygen atoms in total. The Balaban J connectivity index is 1.39. The molecule has 2 N–H and O–H groups in total. The Morgan fingerprint density at radius 1 is 1.11 bits per heavy atom. The molecule has 6 heteroatoms. The molecule has 142 valence electrons. The van der Waals surface area contributed by atoms with Crippen LogP contribution in [-0.4, -0.2) is 36.3 Å². The minimum Gasteiger partial charge on any atom is -0.348 e. The number of hydrogen-bond acceptors (Lipinski definition) is 3. The molecule has 27 heavy (non-hydrogen) atoms. The van der Waals surface area contributed by atoms with Crippen LogP contribution >= 0.6 is 11.6 Å². The highest BCUT2D eigenvalue weighted by Gasteiger charge is 2.16. The Labute approximate surface area is 164 Å². The summed E-state index contributed by atoms with van der Waals surface area (Å²) in [6.07, 6.45) is 1.86. The van der Waals surface area contributed by atoms with Gasteiger partial charge in [0.2, 0.25) is 0 Å². The predicted molar refractivity (Wildman–Crippen MR) is 108 cm³/mol. The van der Waals surface area contributed by atoms with Crippen LogP contribution in [0.25, 0.3) is 0 Å².